The standard InChI is InChI=1S/C11H23N/c1-9(2)8-10(3)12-11-6-4-5-7-11/h9-12H,4-8H2,1-3H3/t10-/m0/s1. The Bertz CT molecular complexity index is 114. The lowest BCUT2D eigenvalue weighted by molar-refractivity contribution is 0.391. The second-order valence-electron chi connectivity index (χ2n) is 4.68. The highest BCUT2D eigenvalue weighted by atomic mass is 14.9. The summed E-state index contributed by atoms with van der Waals surface area (Å²) < 4.78 is 0. The van der Waals surface area contributed by atoms with Crippen LogP contribution in [0.5, 0.6) is 0 Å². The number of rotatable bonds is 4. The minimum absolute atomic E-state index is 0.716. The first kappa shape index (κ1) is 10.0. The highest BCUT2D eigenvalue weighted by Gasteiger charge is 2.16. The molecule has 1 aliphatic rings. The fraction of sp³-hybridized carbons (Fsp3) is 1.00. The Labute approximate surface area is 76.9 Å². The summed E-state index contributed by atoms with van der Waals surface area (Å²) in [5.41, 5.74) is 0. The van der Waals surface area contributed by atoms with Crippen molar-refractivity contribution in [2.45, 2.75) is 65.0 Å². The van der Waals surface area contributed by atoms with Gasteiger partial charge in [-0.2, -0.15) is 0 Å². The third-order valence-electron chi connectivity index (χ3n) is 2.70. The lowest BCUT2D eigenvalue weighted by Crippen LogP contribution is -2.35. The van der Waals surface area contributed by atoms with Crippen LogP contribution in [-0.2, 0) is 0 Å². The van der Waals surface area contributed by atoms with Crippen molar-refractivity contribution >= 4 is 0 Å². The lowest BCUT2D eigenvalue weighted by atomic mass is 10.0. The Hall–Kier alpha value is -0.0400. The van der Waals surface area contributed by atoms with Crippen LogP contribution < -0.4 is 5.32 Å². The summed E-state index contributed by atoms with van der Waals surface area (Å²) in [6.45, 7) is 6.91. The zero-order valence-corrected chi connectivity index (χ0v) is 8.77. The highest BCUT2D eigenvalue weighted by molar-refractivity contribution is 4.76. The van der Waals surface area contributed by atoms with E-state index in [0.29, 0.717) is 6.04 Å². The molecule has 72 valence electrons. The molecule has 0 bridgehead atoms. The van der Waals surface area contributed by atoms with E-state index < -0.39 is 0 Å². The van der Waals surface area contributed by atoms with Gasteiger partial charge in [0.05, 0.1) is 0 Å². The van der Waals surface area contributed by atoms with E-state index >= 15 is 0 Å². The van der Waals surface area contributed by atoms with Gasteiger partial charge in [-0.1, -0.05) is 26.7 Å². The average molecular weight is 169 g/mol. The highest BCUT2D eigenvalue weighted by Crippen LogP contribution is 2.19. The summed E-state index contributed by atoms with van der Waals surface area (Å²) >= 11 is 0. The molecule has 0 amide bonds. The van der Waals surface area contributed by atoms with Crippen LogP contribution in [0, 0.1) is 5.92 Å². The Morgan fingerprint density at radius 3 is 2.25 bits per heavy atom. The molecule has 1 saturated carbocycles. The summed E-state index contributed by atoms with van der Waals surface area (Å²) in [7, 11) is 0. The quantitative estimate of drug-likeness (QED) is 0.682. The molecule has 0 aromatic rings. The first-order valence-electron chi connectivity index (χ1n) is 5.44. The summed E-state index contributed by atoms with van der Waals surface area (Å²) in [6, 6.07) is 1.55. The molecule has 0 spiro atoms. The van der Waals surface area contributed by atoms with Crippen LogP contribution in [0.1, 0.15) is 52.9 Å². The fourth-order valence-electron chi connectivity index (χ4n) is 2.27. The fourth-order valence-corrected chi connectivity index (χ4v) is 2.27. The third-order valence-corrected chi connectivity index (χ3v) is 2.70. The van der Waals surface area contributed by atoms with E-state index in [1.807, 2.05) is 0 Å². The van der Waals surface area contributed by atoms with Crippen LogP contribution >= 0.6 is 0 Å². The van der Waals surface area contributed by atoms with Crippen molar-refractivity contribution in [1.82, 2.24) is 5.32 Å². The van der Waals surface area contributed by atoms with E-state index in [-0.39, 0.29) is 0 Å². The monoisotopic (exact) mass is 169 g/mol. The molecular formula is C11H23N. The molecule has 0 radical (unpaired) electrons. The predicted molar refractivity (Wildman–Crippen MR) is 54.3 cm³/mol. The van der Waals surface area contributed by atoms with Crippen LogP contribution in [0.4, 0.5) is 0 Å². The largest absolute Gasteiger partial charge is 0.311 e. The average Bonchev–Trinajstić information content (AvgIpc) is 2.37. The minimum atomic E-state index is 0.716. The molecule has 1 rings (SSSR count). The van der Waals surface area contributed by atoms with Crippen molar-refractivity contribution in [3.8, 4) is 0 Å². The molecule has 0 saturated heterocycles. The van der Waals surface area contributed by atoms with Crippen LogP contribution in [0.3, 0.4) is 0 Å². The van der Waals surface area contributed by atoms with Crippen molar-refractivity contribution in [2.24, 2.45) is 5.92 Å². The molecule has 0 unspecified atom stereocenters. The molecule has 0 aliphatic heterocycles. The summed E-state index contributed by atoms with van der Waals surface area (Å²) in [4.78, 5) is 0. The molecule has 1 atom stereocenters. The molecule has 1 N–H and O–H groups in total. The van der Waals surface area contributed by atoms with E-state index in [1.165, 1.54) is 32.1 Å². The second-order valence-corrected chi connectivity index (χ2v) is 4.68. The lowest BCUT2D eigenvalue weighted by Gasteiger charge is -2.20. The molecule has 0 heterocycles. The SMILES string of the molecule is CC(C)C[C@H](C)NC1CCCC1. The molecule has 1 nitrogen and oxygen atoms in total. The van der Waals surface area contributed by atoms with Gasteiger partial charge in [0.1, 0.15) is 0 Å². The Kier molecular flexibility index (Phi) is 4.07. The van der Waals surface area contributed by atoms with Crippen LogP contribution in [-0.4, -0.2) is 12.1 Å². The third kappa shape index (κ3) is 3.57. The van der Waals surface area contributed by atoms with Gasteiger partial charge < -0.3 is 5.32 Å². The maximum Gasteiger partial charge on any atom is 0.00695 e. The normalized spacial score (nSPS) is 22.0. The number of hydrogen-bond acceptors (Lipinski definition) is 1. The van der Waals surface area contributed by atoms with Gasteiger partial charge in [-0.05, 0) is 32.1 Å². The van der Waals surface area contributed by atoms with Gasteiger partial charge in [-0.3, -0.25) is 0 Å². The van der Waals surface area contributed by atoms with Crippen LogP contribution in [0.25, 0.3) is 0 Å². The van der Waals surface area contributed by atoms with Crippen molar-refractivity contribution in [2.75, 3.05) is 0 Å². The summed E-state index contributed by atoms with van der Waals surface area (Å²) in [5.74, 6) is 0.828. The topological polar surface area (TPSA) is 12.0 Å². The first-order chi connectivity index (χ1) is 5.68. The van der Waals surface area contributed by atoms with Gasteiger partial charge in [-0.15, -0.1) is 0 Å². The molecule has 12 heavy (non-hydrogen) atoms. The van der Waals surface area contributed by atoms with E-state index in [2.05, 4.69) is 26.1 Å². The zero-order chi connectivity index (χ0) is 8.97. The van der Waals surface area contributed by atoms with Crippen LogP contribution in [0.15, 0.2) is 0 Å². The predicted octanol–water partition coefficient (Wildman–Crippen LogP) is 2.95. The Balaban J connectivity index is 2.11. The molecule has 0 aromatic heterocycles. The van der Waals surface area contributed by atoms with Gasteiger partial charge in [0.25, 0.3) is 0 Å². The summed E-state index contributed by atoms with van der Waals surface area (Å²) in [6.07, 6.45) is 7.00. The van der Waals surface area contributed by atoms with Gasteiger partial charge in [0, 0.05) is 12.1 Å². The molecule has 1 aliphatic carbocycles. The number of nitrogens with one attached hydrogen (secondary N) is 1. The van der Waals surface area contributed by atoms with Crippen molar-refractivity contribution in [3.05, 3.63) is 0 Å². The number of hydrogen-bond donors (Lipinski definition) is 1. The Morgan fingerprint density at radius 2 is 1.75 bits per heavy atom. The Morgan fingerprint density at radius 1 is 1.17 bits per heavy atom. The molecule has 1 fully saturated rings. The van der Waals surface area contributed by atoms with Crippen molar-refractivity contribution in [3.63, 3.8) is 0 Å². The van der Waals surface area contributed by atoms with E-state index in [4.69, 9.17) is 0 Å². The minimum Gasteiger partial charge on any atom is -0.311 e. The van der Waals surface area contributed by atoms with Crippen molar-refractivity contribution in [1.29, 1.82) is 0 Å². The van der Waals surface area contributed by atoms with Crippen molar-refractivity contribution < 1.29 is 0 Å². The molecular weight excluding hydrogens is 146 g/mol. The smallest absolute Gasteiger partial charge is 0.00695 e. The van der Waals surface area contributed by atoms with E-state index in [1.54, 1.807) is 0 Å². The maximum absolute atomic E-state index is 3.71. The van der Waals surface area contributed by atoms with Gasteiger partial charge in [-0.25, -0.2) is 0 Å². The molecule has 1 heteroatoms. The van der Waals surface area contributed by atoms with Gasteiger partial charge >= 0.3 is 0 Å². The first-order valence-corrected chi connectivity index (χ1v) is 5.44. The van der Waals surface area contributed by atoms with E-state index in [9.17, 15) is 0 Å². The molecule has 0 aromatic carbocycles. The van der Waals surface area contributed by atoms with E-state index in [0.717, 1.165) is 12.0 Å². The van der Waals surface area contributed by atoms with Crippen LogP contribution in [0.2, 0.25) is 0 Å². The second kappa shape index (κ2) is 4.86. The maximum atomic E-state index is 3.71. The van der Waals surface area contributed by atoms with Gasteiger partial charge in [0.2, 0.25) is 0 Å². The zero-order valence-electron chi connectivity index (χ0n) is 8.77. The van der Waals surface area contributed by atoms with Gasteiger partial charge in [0.15, 0.2) is 0 Å². The summed E-state index contributed by atoms with van der Waals surface area (Å²) in [5, 5.41) is 3.71.